The van der Waals surface area contributed by atoms with E-state index in [-0.39, 0.29) is 18.9 Å². The van der Waals surface area contributed by atoms with Crippen molar-refractivity contribution in [2.75, 3.05) is 13.2 Å². The highest BCUT2D eigenvalue weighted by atomic mass is 79.9. The lowest BCUT2D eigenvalue weighted by Crippen LogP contribution is -2.29. The predicted octanol–water partition coefficient (Wildman–Crippen LogP) is 3.13. The fourth-order valence-corrected chi connectivity index (χ4v) is 2.79. The maximum Gasteiger partial charge on any atom is 0.223 e. The molecule has 2 aromatic rings. The molecule has 1 aromatic carbocycles. The molecule has 0 radical (unpaired) electrons. The Morgan fingerprint density at radius 2 is 2.29 bits per heavy atom. The number of hydrogen-bond acceptors (Lipinski definition) is 4. The van der Waals surface area contributed by atoms with Crippen molar-refractivity contribution in [2.45, 2.75) is 12.5 Å². The number of hydrogen-bond donors (Lipinski definition) is 2. The average Bonchev–Trinajstić information content (AvgIpc) is 2.99. The smallest absolute Gasteiger partial charge is 0.223 e. The highest BCUT2D eigenvalue weighted by Crippen LogP contribution is 2.18. The van der Waals surface area contributed by atoms with Crippen LogP contribution in [0.2, 0.25) is 0 Å². The van der Waals surface area contributed by atoms with E-state index in [0.29, 0.717) is 6.61 Å². The van der Waals surface area contributed by atoms with Crippen LogP contribution in [0.5, 0.6) is 5.75 Å². The molecule has 6 heteroatoms. The molecule has 1 atom stereocenters. The summed E-state index contributed by atoms with van der Waals surface area (Å²) in [5, 5.41) is 16.3. The van der Waals surface area contributed by atoms with Gasteiger partial charge in [0, 0.05) is 11.0 Å². The molecule has 2 rings (SSSR count). The maximum absolute atomic E-state index is 11.7. The molecule has 0 fully saturated rings. The third-order valence-corrected chi connectivity index (χ3v) is 4.01. The number of nitrogens with one attached hydrogen (secondary N) is 1. The minimum Gasteiger partial charge on any atom is -0.493 e. The molecule has 1 heterocycles. The van der Waals surface area contributed by atoms with Crippen molar-refractivity contribution in [1.29, 1.82) is 0 Å². The van der Waals surface area contributed by atoms with Crippen LogP contribution in [0.15, 0.2) is 45.6 Å². The van der Waals surface area contributed by atoms with Gasteiger partial charge in [0.05, 0.1) is 19.1 Å². The molecular formula is C15H16BrNO3S. The Labute approximate surface area is 135 Å². The molecular weight excluding hydrogens is 354 g/mol. The van der Waals surface area contributed by atoms with Crippen molar-refractivity contribution in [1.82, 2.24) is 5.32 Å². The van der Waals surface area contributed by atoms with E-state index < -0.39 is 6.10 Å². The zero-order valence-electron chi connectivity index (χ0n) is 11.3. The first-order valence-electron chi connectivity index (χ1n) is 6.50. The summed E-state index contributed by atoms with van der Waals surface area (Å²) in [4.78, 5) is 11.7. The second kappa shape index (κ2) is 8.17. The molecule has 1 unspecified atom stereocenters. The molecule has 1 aromatic heterocycles. The predicted molar refractivity (Wildman–Crippen MR) is 86.5 cm³/mol. The summed E-state index contributed by atoms with van der Waals surface area (Å²) in [6.45, 7) is 0.517. The summed E-state index contributed by atoms with van der Waals surface area (Å²) in [5.74, 6) is 0.578. The second-order valence-corrected chi connectivity index (χ2v) is 6.13. The number of aliphatic hydroxyl groups is 1. The number of amides is 1. The van der Waals surface area contributed by atoms with Crippen LogP contribution in [0, 0.1) is 0 Å². The summed E-state index contributed by atoms with van der Waals surface area (Å²) >= 11 is 4.87. The van der Waals surface area contributed by atoms with Gasteiger partial charge >= 0.3 is 0 Å². The molecule has 4 nitrogen and oxygen atoms in total. The average molecular weight is 370 g/mol. The molecule has 1 amide bonds. The molecule has 112 valence electrons. The van der Waals surface area contributed by atoms with Crippen molar-refractivity contribution in [3.8, 4) is 5.75 Å². The SMILES string of the molecule is O=C(CCOc1cccc(Br)c1)NCC(O)c1ccsc1. The third kappa shape index (κ3) is 5.49. The van der Waals surface area contributed by atoms with Crippen molar-refractivity contribution < 1.29 is 14.6 Å². The van der Waals surface area contributed by atoms with E-state index in [1.807, 2.05) is 41.1 Å². The standard InChI is InChI=1S/C15H16BrNO3S/c16-12-2-1-3-13(8-12)20-6-4-15(19)17-9-14(18)11-5-7-21-10-11/h1-3,5,7-8,10,14,18H,4,6,9H2,(H,17,19). The first-order chi connectivity index (χ1) is 10.1. The molecule has 0 saturated heterocycles. The van der Waals surface area contributed by atoms with Gasteiger partial charge in [-0.15, -0.1) is 0 Å². The number of halogens is 1. The van der Waals surface area contributed by atoms with Crippen LogP contribution >= 0.6 is 27.3 Å². The van der Waals surface area contributed by atoms with E-state index in [1.165, 1.54) is 11.3 Å². The van der Waals surface area contributed by atoms with Crippen LogP contribution in [0.4, 0.5) is 0 Å². The quantitative estimate of drug-likeness (QED) is 0.787. The fourth-order valence-electron chi connectivity index (χ4n) is 1.70. The number of benzene rings is 1. The lowest BCUT2D eigenvalue weighted by Gasteiger charge is -2.11. The highest BCUT2D eigenvalue weighted by molar-refractivity contribution is 9.10. The number of aliphatic hydroxyl groups excluding tert-OH is 1. The molecule has 2 N–H and O–H groups in total. The lowest BCUT2D eigenvalue weighted by atomic mass is 10.2. The van der Waals surface area contributed by atoms with Crippen LogP contribution in [0.1, 0.15) is 18.1 Å². The summed E-state index contributed by atoms with van der Waals surface area (Å²) in [6, 6.07) is 9.31. The van der Waals surface area contributed by atoms with E-state index in [4.69, 9.17) is 4.74 Å². The van der Waals surface area contributed by atoms with Gasteiger partial charge in [0.25, 0.3) is 0 Å². The normalized spacial score (nSPS) is 11.9. The molecule has 21 heavy (non-hydrogen) atoms. The first-order valence-corrected chi connectivity index (χ1v) is 8.24. The zero-order valence-corrected chi connectivity index (χ0v) is 13.7. The van der Waals surface area contributed by atoms with Gasteiger partial charge in [-0.25, -0.2) is 0 Å². The van der Waals surface area contributed by atoms with E-state index in [0.717, 1.165) is 15.8 Å². The van der Waals surface area contributed by atoms with Crippen LogP contribution in [0.3, 0.4) is 0 Å². The molecule has 0 spiro atoms. The number of rotatable bonds is 7. The van der Waals surface area contributed by atoms with Gasteiger partial charge in [-0.2, -0.15) is 11.3 Å². The van der Waals surface area contributed by atoms with Crippen LogP contribution in [-0.4, -0.2) is 24.2 Å². The van der Waals surface area contributed by atoms with Gasteiger partial charge in [-0.3, -0.25) is 4.79 Å². The Bertz CT molecular complexity index is 574. The number of ether oxygens (including phenoxy) is 1. The Balaban J connectivity index is 1.66. The van der Waals surface area contributed by atoms with Crippen molar-refractivity contribution >= 4 is 33.2 Å². The van der Waals surface area contributed by atoms with Gasteiger partial charge in [-0.05, 0) is 40.6 Å². The van der Waals surface area contributed by atoms with Gasteiger partial charge < -0.3 is 15.2 Å². The van der Waals surface area contributed by atoms with E-state index in [2.05, 4.69) is 21.2 Å². The van der Waals surface area contributed by atoms with Gasteiger partial charge in [0.1, 0.15) is 5.75 Å². The van der Waals surface area contributed by atoms with E-state index in [1.54, 1.807) is 0 Å². The second-order valence-electron chi connectivity index (χ2n) is 4.43. The summed E-state index contributed by atoms with van der Waals surface area (Å²) in [6.07, 6.45) is -0.408. The van der Waals surface area contributed by atoms with E-state index in [9.17, 15) is 9.90 Å². The molecule has 0 bridgehead atoms. The van der Waals surface area contributed by atoms with Gasteiger partial charge in [-0.1, -0.05) is 22.0 Å². The summed E-state index contributed by atoms with van der Waals surface area (Å²) in [5.41, 5.74) is 0.825. The zero-order chi connectivity index (χ0) is 15.1. The highest BCUT2D eigenvalue weighted by Gasteiger charge is 2.09. The van der Waals surface area contributed by atoms with E-state index >= 15 is 0 Å². The summed E-state index contributed by atoms with van der Waals surface area (Å²) in [7, 11) is 0. The molecule has 0 aliphatic heterocycles. The van der Waals surface area contributed by atoms with Crippen molar-refractivity contribution in [3.63, 3.8) is 0 Å². The van der Waals surface area contributed by atoms with Crippen LogP contribution in [0.25, 0.3) is 0 Å². The minimum absolute atomic E-state index is 0.140. The molecule has 0 aliphatic carbocycles. The number of thiophene rings is 1. The monoisotopic (exact) mass is 369 g/mol. The lowest BCUT2D eigenvalue weighted by molar-refractivity contribution is -0.122. The number of carbonyl (C=O) groups excluding carboxylic acids is 1. The minimum atomic E-state index is -0.661. The van der Waals surface area contributed by atoms with Crippen molar-refractivity contribution in [2.24, 2.45) is 0 Å². The van der Waals surface area contributed by atoms with Crippen molar-refractivity contribution in [3.05, 3.63) is 51.1 Å². The summed E-state index contributed by atoms with van der Waals surface area (Å²) < 4.78 is 6.42. The van der Waals surface area contributed by atoms with Gasteiger partial charge in [0.15, 0.2) is 0 Å². The van der Waals surface area contributed by atoms with Crippen LogP contribution < -0.4 is 10.1 Å². The maximum atomic E-state index is 11.7. The largest absolute Gasteiger partial charge is 0.493 e. The Morgan fingerprint density at radius 3 is 3.00 bits per heavy atom. The first kappa shape index (κ1) is 16.0. The number of carbonyl (C=O) groups is 1. The molecule has 0 aliphatic rings. The Morgan fingerprint density at radius 1 is 1.43 bits per heavy atom. The topological polar surface area (TPSA) is 58.6 Å². The third-order valence-electron chi connectivity index (χ3n) is 2.81. The fraction of sp³-hybridized carbons (Fsp3) is 0.267. The molecule has 0 saturated carbocycles. The van der Waals surface area contributed by atoms with Gasteiger partial charge in [0.2, 0.25) is 5.91 Å². The Hall–Kier alpha value is -1.37. The van der Waals surface area contributed by atoms with Crippen LogP contribution in [-0.2, 0) is 4.79 Å². The Kier molecular flexibility index (Phi) is 6.22.